The quantitative estimate of drug-likeness (QED) is 0.276. The third-order valence-corrected chi connectivity index (χ3v) is 5.49. The average molecular weight is 503 g/mol. The summed E-state index contributed by atoms with van der Waals surface area (Å²) in [5, 5.41) is 13.2. The van der Waals surface area contributed by atoms with Gasteiger partial charge in [-0.2, -0.15) is 13.2 Å². The minimum atomic E-state index is -4.60. The van der Waals surface area contributed by atoms with E-state index in [0.717, 1.165) is 0 Å². The van der Waals surface area contributed by atoms with Crippen LogP contribution < -0.4 is 14.8 Å². The lowest BCUT2D eigenvalue weighted by molar-refractivity contribution is -0.153. The first-order chi connectivity index (χ1) is 17.1. The second kappa shape index (κ2) is 9.90. The van der Waals surface area contributed by atoms with Gasteiger partial charge in [0.1, 0.15) is 34.2 Å². The third-order valence-electron chi connectivity index (χ3n) is 5.49. The van der Waals surface area contributed by atoms with Gasteiger partial charge in [-0.25, -0.2) is 9.18 Å². The number of furan rings is 1. The molecule has 36 heavy (non-hydrogen) atoms. The van der Waals surface area contributed by atoms with Crippen LogP contribution in [0.15, 0.2) is 59.0 Å². The van der Waals surface area contributed by atoms with Crippen molar-refractivity contribution in [2.45, 2.75) is 12.7 Å². The Morgan fingerprint density at radius 1 is 1.03 bits per heavy atom. The molecule has 0 saturated heterocycles. The van der Waals surface area contributed by atoms with Crippen LogP contribution in [-0.2, 0) is 6.54 Å². The van der Waals surface area contributed by atoms with Crippen LogP contribution in [0.4, 0.5) is 17.6 Å². The van der Waals surface area contributed by atoms with Gasteiger partial charge in [0.25, 0.3) is 0 Å². The minimum Gasteiger partial charge on any atom is -0.496 e. The van der Waals surface area contributed by atoms with E-state index in [1.54, 1.807) is 13.1 Å². The molecule has 2 N–H and O–H groups in total. The Balaban J connectivity index is 1.96. The molecule has 0 atom stereocenters. The number of halogens is 4. The van der Waals surface area contributed by atoms with Crippen molar-refractivity contribution < 1.29 is 41.4 Å². The molecule has 0 aliphatic rings. The monoisotopic (exact) mass is 503 g/mol. The largest absolute Gasteiger partial charge is 0.496 e. The Bertz CT molecular complexity index is 1410. The predicted octanol–water partition coefficient (Wildman–Crippen LogP) is 6.27. The van der Waals surface area contributed by atoms with Gasteiger partial charge in [-0.05, 0) is 55.1 Å². The summed E-state index contributed by atoms with van der Waals surface area (Å²) in [6, 6.07) is 12.8. The lowest BCUT2D eigenvalue weighted by Crippen LogP contribution is -2.19. The maximum atomic E-state index is 13.5. The molecule has 4 rings (SSSR count). The normalized spacial score (nSPS) is 11.6. The van der Waals surface area contributed by atoms with Gasteiger partial charge in [0, 0.05) is 34.7 Å². The number of carboxylic acids is 1. The number of alkyl halides is 3. The summed E-state index contributed by atoms with van der Waals surface area (Å²) in [7, 11) is 3.04. The van der Waals surface area contributed by atoms with E-state index in [2.05, 4.69) is 5.32 Å². The van der Waals surface area contributed by atoms with Gasteiger partial charge in [0.05, 0.1) is 7.11 Å². The molecule has 0 unspecified atom stereocenters. The molecule has 188 valence electrons. The highest BCUT2D eigenvalue weighted by molar-refractivity contribution is 5.96. The number of carbonyl (C=O) groups is 1. The molecule has 0 bridgehead atoms. The number of fused-ring (bicyclic) bond motifs is 1. The van der Waals surface area contributed by atoms with Crippen LogP contribution in [0.2, 0.25) is 0 Å². The number of hydrogen-bond acceptors (Lipinski definition) is 5. The number of methoxy groups -OCH3 is 1. The van der Waals surface area contributed by atoms with Crippen LogP contribution in [0.3, 0.4) is 0 Å². The van der Waals surface area contributed by atoms with Crippen molar-refractivity contribution in [3.63, 3.8) is 0 Å². The number of rotatable bonds is 8. The third kappa shape index (κ3) is 5.13. The number of ether oxygens (including phenoxy) is 2. The van der Waals surface area contributed by atoms with Crippen molar-refractivity contribution >= 4 is 16.9 Å². The Kier molecular flexibility index (Phi) is 6.89. The molecule has 0 amide bonds. The van der Waals surface area contributed by atoms with E-state index < -0.39 is 24.6 Å². The van der Waals surface area contributed by atoms with Gasteiger partial charge in [-0.1, -0.05) is 6.07 Å². The summed E-state index contributed by atoms with van der Waals surface area (Å²) >= 11 is 0. The summed E-state index contributed by atoms with van der Waals surface area (Å²) in [5.41, 5.74) is 1.91. The van der Waals surface area contributed by atoms with Crippen molar-refractivity contribution in [3.8, 4) is 33.9 Å². The van der Waals surface area contributed by atoms with E-state index >= 15 is 0 Å². The van der Waals surface area contributed by atoms with E-state index in [-0.39, 0.29) is 28.2 Å². The van der Waals surface area contributed by atoms with E-state index in [1.165, 1.54) is 55.6 Å². The highest BCUT2D eigenvalue weighted by Crippen LogP contribution is 2.42. The molecule has 6 nitrogen and oxygen atoms in total. The molecule has 4 aromatic rings. The van der Waals surface area contributed by atoms with Crippen molar-refractivity contribution in [2.75, 3.05) is 20.8 Å². The molecule has 0 aliphatic carbocycles. The number of hydrogen-bond donors (Lipinski definition) is 2. The maximum Gasteiger partial charge on any atom is 0.422 e. The fourth-order valence-electron chi connectivity index (χ4n) is 3.91. The van der Waals surface area contributed by atoms with Gasteiger partial charge in [0.15, 0.2) is 6.61 Å². The molecule has 0 spiro atoms. The molecule has 0 radical (unpaired) electrons. The Morgan fingerprint density at radius 2 is 1.72 bits per heavy atom. The van der Waals surface area contributed by atoms with Crippen LogP contribution in [0, 0.1) is 5.82 Å². The van der Waals surface area contributed by atoms with Gasteiger partial charge < -0.3 is 24.3 Å². The second-order valence-corrected chi connectivity index (χ2v) is 7.92. The standard InChI is InChI=1S/C26H21F4NO5/c1-31-12-20-18-10-17(15-5-8-21(34-2)19(9-15)25(32)33)22(35-13-26(28,29)30)11-23(18)36-24(20)14-3-6-16(27)7-4-14/h3-11,31H,12-13H2,1-2H3,(H,32,33). The zero-order valence-electron chi connectivity index (χ0n) is 19.2. The smallest absolute Gasteiger partial charge is 0.422 e. The molecule has 0 fully saturated rings. The fourth-order valence-corrected chi connectivity index (χ4v) is 3.91. The van der Waals surface area contributed by atoms with E-state index in [0.29, 0.717) is 34.4 Å². The molecular formula is C26H21F4NO5. The first-order valence-corrected chi connectivity index (χ1v) is 10.7. The van der Waals surface area contributed by atoms with Crippen molar-refractivity contribution in [1.29, 1.82) is 0 Å². The van der Waals surface area contributed by atoms with Crippen molar-refractivity contribution in [2.24, 2.45) is 0 Å². The van der Waals surface area contributed by atoms with Crippen LogP contribution in [-0.4, -0.2) is 38.0 Å². The lowest BCUT2D eigenvalue weighted by atomic mass is 9.98. The van der Waals surface area contributed by atoms with Crippen LogP contribution in [0.5, 0.6) is 11.5 Å². The number of nitrogens with one attached hydrogen (secondary N) is 1. The van der Waals surface area contributed by atoms with E-state index in [1.807, 2.05) is 0 Å². The fraction of sp³-hybridized carbons (Fsp3) is 0.192. The van der Waals surface area contributed by atoms with Crippen LogP contribution in [0.1, 0.15) is 15.9 Å². The van der Waals surface area contributed by atoms with Crippen molar-refractivity contribution in [3.05, 3.63) is 71.5 Å². The average Bonchev–Trinajstić information content (AvgIpc) is 3.19. The Labute approximate surface area is 203 Å². The van der Waals surface area contributed by atoms with E-state index in [9.17, 15) is 27.5 Å². The highest BCUT2D eigenvalue weighted by Gasteiger charge is 2.30. The SMILES string of the molecule is CNCc1c(-c2ccc(F)cc2)oc2cc(OCC(F)(F)F)c(-c3ccc(OC)c(C(=O)O)c3)cc12. The van der Waals surface area contributed by atoms with Crippen LogP contribution in [0.25, 0.3) is 33.4 Å². The molecule has 0 aliphatic heterocycles. The first-order valence-electron chi connectivity index (χ1n) is 10.7. The summed E-state index contributed by atoms with van der Waals surface area (Å²) < 4.78 is 68.7. The number of carboxylic acid groups (broad SMARTS) is 1. The Hall–Kier alpha value is -4.05. The van der Waals surface area contributed by atoms with Gasteiger partial charge >= 0.3 is 12.1 Å². The molecule has 3 aromatic carbocycles. The topological polar surface area (TPSA) is 80.9 Å². The van der Waals surface area contributed by atoms with Gasteiger partial charge in [-0.15, -0.1) is 0 Å². The highest BCUT2D eigenvalue weighted by atomic mass is 19.4. The van der Waals surface area contributed by atoms with Crippen molar-refractivity contribution in [1.82, 2.24) is 5.32 Å². The maximum absolute atomic E-state index is 13.5. The van der Waals surface area contributed by atoms with Gasteiger partial charge in [-0.3, -0.25) is 0 Å². The second-order valence-electron chi connectivity index (χ2n) is 7.92. The molecule has 1 aromatic heterocycles. The van der Waals surface area contributed by atoms with Crippen LogP contribution >= 0.6 is 0 Å². The summed E-state index contributed by atoms with van der Waals surface area (Å²) in [5.74, 6) is -1.31. The predicted molar refractivity (Wildman–Crippen MR) is 125 cm³/mol. The first kappa shape index (κ1) is 25.1. The minimum absolute atomic E-state index is 0.0999. The molecule has 1 heterocycles. The lowest BCUT2D eigenvalue weighted by Gasteiger charge is -2.15. The molecule has 10 heteroatoms. The van der Waals surface area contributed by atoms with Gasteiger partial charge in [0.2, 0.25) is 0 Å². The zero-order valence-corrected chi connectivity index (χ0v) is 19.2. The molecule has 0 saturated carbocycles. The molecular weight excluding hydrogens is 482 g/mol. The summed E-state index contributed by atoms with van der Waals surface area (Å²) in [6.45, 7) is -1.22. The summed E-state index contributed by atoms with van der Waals surface area (Å²) in [4.78, 5) is 11.7. The Morgan fingerprint density at radius 3 is 2.33 bits per heavy atom. The number of benzene rings is 3. The number of aromatic carboxylic acids is 1. The zero-order chi connectivity index (χ0) is 26.0. The van der Waals surface area contributed by atoms with E-state index in [4.69, 9.17) is 13.9 Å². The summed E-state index contributed by atoms with van der Waals surface area (Å²) in [6.07, 6.45) is -4.60.